The van der Waals surface area contributed by atoms with Crippen LogP contribution in [0.2, 0.25) is 0 Å². The van der Waals surface area contributed by atoms with E-state index in [1.165, 1.54) is 28.8 Å². The minimum absolute atomic E-state index is 0.0397. The molecule has 3 aromatic rings. The van der Waals surface area contributed by atoms with Gasteiger partial charge in [0.1, 0.15) is 6.54 Å². The number of amides is 2. The number of ether oxygens (including phenoxy) is 1. The van der Waals surface area contributed by atoms with Crippen molar-refractivity contribution in [1.82, 2.24) is 9.80 Å². The predicted molar refractivity (Wildman–Crippen MR) is 152 cm³/mol. The molecule has 0 N–H and O–H groups in total. The Morgan fingerprint density at radius 2 is 1.62 bits per heavy atom. The van der Waals surface area contributed by atoms with Crippen LogP contribution in [0.3, 0.4) is 0 Å². The van der Waals surface area contributed by atoms with E-state index in [9.17, 15) is 9.59 Å². The molecule has 37 heavy (non-hydrogen) atoms. The number of hydrogen-bond acceptors (Lipinski definition) is 4. The number of benzene rings is 2. The first-order valence-corrected chi connectivity index (χ1v) is 14.1. The normalized spacial score (nSPS) is 10.9. The van der Waals surface area contributed by atoms with Crippen molar-refractivity contribution in [3.63, 3.8) is 0 Å². The smallest absolute Gasteiger partial charge is 0.254 e. The summed E-state index contributed by atoms with van der Waals surface area (Å²) in [5.74, 6) is -0.171. The predicted octanol–water partition coefficient (Wildman–Crippen LogP) is 6.50. The topological polar surface area (TPSA) is 49.9 Å². The average Bonchev–Trinajstić information content (AvgIpc) is 3.32. The molecule has 198 valence electrons. The fourth-order valence-corrected chi connectivity index (χ4v) is 5.19. The molecule has 0 radical (unpaired) electrons. The molecule has 0 fully saturated rings. The second-order valence-corrected chi connectivity index (χ2v) is 10.5. The number of aryl methyl sites for hydroxylation is 2. The third-order valence-electron chi connectivity index (χ3n) is 6.53. The molecule has 0 spiro atoms. The van der Waals surface area contributed by atoms with Crippen molar-refractivity contribution in [2.45, 2.75) is 59.0 Å². The Kier molecular flexibility index (Phi) is 11.9. The van der Waals surface area contributed by atoms with Gasteiger partial charge >= 0.3 is 0 Å². The van der Waals surface area contributed by atoms with Crippen LogP contribution in [-0.4, -0.2) is 48.4 Å². The zero-order chi connectivity index (χ0) is 26.5. The van der Waals surface area contributed by atoms with Crippen molar-refractivity contribution in [2.75, 3.05) is 26.8 Å². The molecule has 0 atom stereocenters. The van der Waals surface area contributed by atoms with Crippen molar-refractivity contribution >= 4 is 23.2 Å². The number of carbonyl (C=O) groups excluding carboxylic acids is 2. The van der Waals surface area contributed by atoms with Gasteiger partial charge in [-0.2, -0.15) is 0 Å². The third-order valence-corrected chi connectivity index (χ3v) is 7.54. The van der Waals surface area contributed by atoms with Crippen LogP contribution in [0.15, 0.2) is 66.0 Å². The standard InChI is InChI=1S/C31H40N2O3S/c1-4-5-7-11-26-14-16-28(17-15-26)31(35)32(19-10-20-36-3)24-30(34)33(22-27-12-8-6-9-13-27)23-29-25(2)18-21-37-29/h6,8-9,12-18,21H,4-5,7,10-11,19-20,22-24H2,1-3H3. The molecule has 0 aliphatic carbocycles. The number of thiophene rings is 1. The SMILES string of the molecule is CCCCCc1ccc(C(=O)N(CCCOC)CC(=O)N(Cc2ccccc2)Cc2sccc2C)cc1. The lowest BCUT2D eigenvalue weighted by atomic mass is 10.0. The van der Waals surface area contributed by atoms with Gasteiger partial charge in [-0.05, 0) is 66.5 Å². The van der Waals surface area contributed by atoms with Crippen molar-refractivity contribution < 1.29 is 14.3 Å². The molecule has 0 saturated carbocycles. The summed E-state index contributed by atoms with van der Waals surface area (Å²) in [4.78, 5) is 31.9. The van der Waals surface area contributed by atoms with Crippen LogP contribution in [0.4, 0.5) is 0 Å². The molecule has 0 bridgehead atoms. The molecule has 0 aliphatic rings. The highest BCUT2D eigenvalue weighted by Crippen LogP contribution is 2.20. The highest BCUT2D eigenvalue weighted by atomic mass is 32.1. The van der Waals surface area contributed by atoms with Crippen LogP contribution in [0.5, 0.6) is 0 Å². The Balaban J connectivity index is 1.76. The Labute approximate surface area is 226 Å². The number of methoxy groups -OCH3 is 1. The van der Waals surface area contributed by atoms with E-state index in [4.69, 9.17) is 4.74 Å². The van der Waals surface area contributed by atoms with Crippen molar-refractivity contribution in [3.8, 4) is 0 Å². The summed E-state index contributed by atoms with van der Waals surface area (Å²) in [6, 6.07) is 20.0. The first kappa shape index (κ1) is 28.6. The quantitative estimate of drug-likeness (QED) is 0.215. The largest absolute Gasteiger partial charge is 0.385 e. The Hall–Kier alpha value is -2.96. The Bertz CT molecular complexity index is 1100. The molecule has 6 heteroatoms. The van der Waals surface area contributed by atoms with Crippen LogP contribution in [0.1, 0.15) is 64.5 Å². The fourth-order valence-electron chi connectivity index (χ4n) is 4.27. The summed E-state index contributed by atoms with van der Waals surface area (Å²) < 4.78 is 5.22. The van der Waals surface area contributed by atoms with Gasteiger partial charge in [-0.15, -0.1) is 11.3 Å². The molecule has 3 rings (SSSR count). The molecule has 2 amide bonds. The molecule has 0 aliphatic heterocycles. The number of hydrogen-bond donors (Lipinski definition) is 0. The van der Waals surface area contributed by atoms with Gasteiger partial charge in [-0.3, -0.25) is 9.59 Å². The molecule has 2 aromatic carbocycles. The first-order chi connectivity index (χ1) is 18.0. The molecule has 1 heterocycles. The second kappa shape index (κ2) is 15.3. The first-order valence-electron chi connectivity index (χ1n) is 13.2. The van der Waals surface area contributed by atoms with E-state index in [1.807, 2.05) is 59.5 Å². The van der Waals surface area contributed by atoms with E-state index < -0.39 is 0 Å². The van der Waals surface area contributed by atoms with Gasteiger partial charge in [0.2, 0.25) is 5.91 Å². The molecular weight excluding hydrogens is 480 g/mol. The highest BCUT2D eigenvalue weighted by Gasteiger charge is 2.23. The summed E-state index contributed by atoms with van der Waals surface area (Å²) in [6.07, 6.45) is 5.25. The number of carbonyl (C=O) groups is 2. The van der Waals surface area contributed by atoms with Gasteiger partial charge < -0.3 is 14.5 Å². The molecule has 0 unspecified atom stereocenters. The summed E-state index contributed by atoms with van der Waals surface area (Å²) in [6.45, 7) is 6.35. The van der Waals surface area contributed by atoms with E-state index in [-0.39, 0.29) is 18.4 Å². The summed E-state index contributed by atoms with van der Waals surface area (Å²) >= 11 is 1.66. The zero-order valence-electron chi connectivity index (χ0n) is 22.4. The number of rotatable bonds is 15. The van der Waals surface area contributed by atoms with Crippen LogP contribution < -0.4 is 0 Å². The van der Waals surface area contributed by atoms with Crippen LogP contribution in [-0.2, 0) is 29.0 Å². The molecule has 5 nitrogen and oxygen atoms in total. The van der Waals surface area contributed by atoms with Crippen LogP contribution in [0.25, 0.3) is 0 Å². The molecular formula is C31H40N2O3S. The Morgan fingerprint density at radius 1 is 0.865 bits per heavy atom. The lowest BCUT2D eigenvalue weighted by Gasteiger charge is -2.28. The van der Waals surface area contributed by atoms with Crippen LogP contribution >= 0.6 is 11.3 Å². The molecule has 1 aromatic heterocycles. The lowest BCUT2D eigenvalue weighted by molar-refractivity contribution is -0.133. The lowest BCUT2D eigenvalue weighted by Crippen LogP contribution is -2.43. The maximum absolute atomic E-state index is 13.7. The van der Waals surface area contributed by atoms with Crippen LogP contribution in [0, 0.1) is 6.92 Å². The van der Waals surface area contributed by atoms with Crippen molar-refractivity contribution in [3.05, 3.63) is 93.2 Å². The monoisotopic (exact) mass is 520 g/mol. The van der Waals surface area contributed by atoms with Gasteiger partial charge in [-0.1, -0.05) is 62.2 Å². The van der Waals surface area contributed by atoms with Gasteiger partial charge in [-0.25, -0.2) is 0 Å². The maximum atomic E-state index is 13.7. The van der Waals surface area contributed by atoms with Gasteiger partial charge in [0, 0.05) is 37.2 Å². The van der Waals surface area contributed by atoms with E-state index in [0.29, 0.717) is 38.2 Å². The van der Waals surface area contributed by atoms with Gasteiger partial charge in [0.25, 0.3) is 5.91 Å². The van der Waals surface area contributed by atoms with E-state index >= 15 is 0 Å². The van der Waals surface area contributed by atoms with E-state index in [2.05, 4.69) is 25.3 Å². The number of nitrogens with zero attached hydrogens (tertiary/aromatic N) is 2. The van der Waals surface area contributed by atoms with Gasteiger partial charge in [0.05, 0.1) is 6.54 Å². The average molecular weight is 521 g/mol. The van der Waals surface area contributed by atoms with E-state index in [0.717, 1.165) is 18.4 Å². The molecule has 0 saturated heterocycles. The summed E-state index contributed by atoms with van der Waals surface area (Å²) in [7, 11) is 1.65. The highest BCUT2D eigenvalue weighted by molar-refractivity contribution is 7.10. The van der Waals surface area contributed by atoms with E-state index in [1.54, 1.807) is 23.3 Å². The second-order valence-electron chi connectivity index (χ2n) is 9.49. The summed E-state index contributed by atoms with van der Waals surface area (Å²) in [5.41, 5.74) is 4.12. The zero-order valence-corrected chi connectivity index (χ0v) is 23.3. The number of unbranched alkanes of at least 4 members (excludes halogenated alkanes) is 2. The van der Waals surface area contributed by atoms with Crippen molar-refractivity contribution in [1.29, 1.82) is 0 Å². The minimum Gasteiger partial charge on any atom is -0.385 e. The Morgan fingerprint density at radius 3 is 2.27 bits per heavy atom. The van der Waals surface area contributed by atoms with Crippen molar-refractivity contribution in [2.24, 2.45) is 0 Å². The minimum atomic E-state index is -0.114. The maximum Gasteiger partial charge on any atom is 0.254 e. The fraction of sp³-hybridized carbons (Fsp3) is 0.419. The third kappa shape index (κ3) is 9.13. The summed E-state index contributed by atoms with van der Waals surface area (Å²) in [5, 5.41) is 2.06. The van der Waals surface area contributed by atoms with Gasteiger partial charge in [0.15, 0.2) is 0 Å².